The number of ether oxygens (including phenoxy) is 1. The summed E-state index contributed by atoms with van der Waals surface area (Å²) in [6, 6.07) is 5.60. The van der Waals surface area contributed by atoms with Crippen molar-refractivity contribution in [3.8, 4) is 5.75 Å². The predicted octanol–water partition coefficient (Wildman–Crippen LogP) is 3.38. The van der Waals surface area contributed by atoms with Gasteiger partial charge in [-0.05, 0) is 38.1 Å². The van der Waals surface area contributed by atoms with E-state index in [9.17, 15) is 0 Å². The van der Waals surface area contributed by atoms with E-state index in [1.807, 2.05) is 38.1 Å². The first-order valence-corrected chi connectivity index (χ1v) is 5.20. The lowest BCUT2D eigenvalue weighted by Crippen LogP contribution is -1.98. The second kappa shape index (κ2) is 5.05. The maximum Gasteiger partial charge on any atom is 0.142 e. The molecule has 0 aliphatic rings. The van der Waals surface area contributed by atoms with Gasteiger partial charge in [0.25, 0.3) is 0 Å². The number of allylic oxidation sites excluding steroid dienone is 1. The van der Waals surface area contributed by atoms with Crippen LogP contribution in [0.3, 0.4) is 0 Å². The van der Waals surface area contributed by atoms with E-state index in [-0.39, 0.29) is 0 Å². The zero-order chi connectivity index (χ0) is 10.6. The Kier molecular flexibility index (Phi) is 4.01. The highest BCUT2D eigenvalue weighted by molar-refractivity contribution is 9.10. The summed E-state index contributed by atoms with van der Waals surface area (Å²) in [6.07, 6.45) is 2.02. The number of hydrogen-bond donors (Lipinski definition) is 1. The topological polar surface area (TPSA) is 35.2 Å². The van der Waals surface area contributed by atoms with Crippen molar-refractivity contribution < 1.29 is 4.74 Å². The zero-order valence-electron chi connectivity index (χ0n) is 8.38. The molecule has 0 aliphatic carbocycles. The molecular weight excluding hydrogens is 242 g/mol. The molecule has 2 nitrogen and oxygen atoms in total. The SMILES string of the molecule is CC(C)=CCOc1ccc(Br)cc1N. The van der Waals surface area contributed by atoms with E-state index < -0.39 is 0 Å². The van der Waals surface area contributed by atoms with Gasteiger partial charge in [0.15, 0.2) is 0 Å². The highest BCUT2D eigenvalue weighted by Crippen LogP contribution is 2.25. The average molecular weight is 256 g/mol. The van der Waals surface area contributed by atoms with E-state index in [0.717, 1.165) is 10.2 Å². The fraction of sp³-hybridized carbons (Fsp3) is 0.273. The molecule has 0 amide bonds. The number of nitrogen functional groups attached to an aromatic ring is 1. The van der Waals surface area contributed by atoms with Gasteiger partial charge in [0, 0.05) is 4.47 Å². The smallest absolute Gasteiger partial charge is 0.142 e. The molecule has 0 unspecified atom stereocenters. The molecule has 3 heteroatoms. The van der Waals surface area contributed by atoms with Crippen molar-refractivity contribution in [2.24, 2.45) is 0 Å². The minimum Gasteiger partial charge on any atom is -0.487 e. The fourth-order valence-corrected chi connectivity index (χ4v) is 1.33. The quantitative estimate of drug-likeness (QED) is 0.664. The van der Waals surface area contributed by atoms with E-state index in [2.05, 4.69) is 15.9 Å². The molecule has 1 aromatic carbocycles. The lowest BCUT2D eigenvalue weighted by Gasteiger charge is -2.06. The van der Waals surface area contributed by atoms with Gasteiger partial charge in [-0.2, -0.15) is 0 Å². The van der Waals surface area contributed by atoms with Crippen LogP contribution in [0.25, 0.3) is 0 Å². The van der Waals surface area contributed by atoms with Crippen LogP contribution in [0.2, 0.25) is 0 Å². The standard InChI is InChI=1S/C11H14BrNO/c1-8(2)5-6-14-11-4-3-9(12)7-10(11)13/h3-5,7H,6,13H2,1-2H3. The molecule has 2 N–H and O–H groups in total. The Morgan fingerprint density at radius 3 is 2.79 bits per heavy atom. The average Bonchev–Trinajstić information content (AvgIpc) is 2.08. The molecule has 76 valence electrons. The van der Waals surface area contributed by atoms with Gasteiger partial charge in [-0.15, -0.1) is 0 Å². The van der Waals surface area contributed by atoms with Crippen LogP contribution in [0.1, 0.15) is 13.8 Å². The number of hydrogen-bond acceptors (Lipinski definition) is 2. The molecule has 1 aromatic rings. The van der Waals surface area contributed by atoms with Crippen molar-refractivity contribution in [2.45, 2.75) is 13.8 Å². The van der Waals surface area contributed by atoms with E-state index in [1.165, 1.54) is 5.57 Å². The van der Waals surface area contributed by atoms with Crippen LogP contribution in [0.5, 0.6) is 5.75 Å². The van der Waals surface area contributed by atoms with Gasteiger partial charge in [0.05, 0.1) is 5.69 Å². The van der Waals surface area contributed by atoms with Gasteiger partial charge in [-0.1, -0.05) is 21.5 Å². The summed E-state index contributed by atoms with van der Waals surface area (Å²) in [6.45, 7) is 4.64. The third-order valence-electron chi connectivity index (χ3n) is 1.70. The van der Waals surface area contributed by atoms with E-state index in [1.54, 1.807) is 0 Å². The number of anilines is 1. The maximum atomic E-state index is 5.76. The summed E-state index contributed by atoms with van der Waals surface area (Å²) in [7, 11) is 0. The summed E-state index contributed by atoms with van der Waals surface area (Å²) < 4.78 is 6.44. The first-order chi connectivity index (χ1) is 6.59. The molecule has 0 fully saturated rings. The van der Waals surface area contributed by atoms with E-state index >= 15 is 0 Å². The third-order valence-corrected chi connectivity index (χ3v) is 2.20. The van der Waals surface area contributed by atoms with Crippen LogP contribution in [-0.2, 0) is 0 Å². The van der Waals surface area contributed by atoms with Crippen LogP contribution in [-0.4, -0.2) is 6.61 Å². The molecule has 14 heavy (non-hydrogen) atoms. The molecular formula is C11H14BrNO. The minimum atomic E-state index is 0.564. The second-order valence-electron chi connectivity index (χ2n) is 3.27. The summed E-state index contributed by atoms with van der Waals surface area (Å²) in [5.74, 6) is 0.728. The van der Waals surface area contributed by atoms with Crippen LogP contribution in [0.4, 0.5) is 5.69 Å². The molecule has 0 radical (unpaired) electrons. The Morgan fingerprint density at radius 1 is 1.50 bits per heavy atom. The number of benzene rings is 1. The van der Waals surface area contributed by atoms with Crippen LogP contribution < -0.4 is 10.5 Å². The highest BCUT2D eigenvalue weighted by atomic mass is 79.9. The first kappa shape index (κ1) is 11.1. The van der Waals surface area contributed by atoms with Gasteiger partial charge in [0.1, 0.15) is 12.4 Å². The normalized spacial score (nSPS) is 9.64. The summed E-state index contributed by atoms with van der Waals surface area (Å²) >= 11 is 3.34. The molecule has 0 heterocycles. The highest BCUT2D eigenvalue weighted by Gasteiger charge is 1.99. The number of halogens is 1. The molecule has 0 saturated carbocycles. The summed E-state index contributed by atoms with van der Waals surface area (Å²) in [5.41, 5.74) is 7.65. The second-order valence-corrected chi connectivity index (χ2v) is 4.19. The van der Waals surface area contributed by atoms with Gasteiger partial charge < -0.3 is 10.5 Å². The lowest BCUT2D eigenvalue weighted by molar-refractivity contribution is 0.364. The molecule has 0 saturated heterocycles. The summed E-state index contributed by atoms with van der Waals surface area (Å²) in [5, 5.41) is 0. The van der Waals surface area contributed by atoms with E-state index in [4.69, 9.17) is 10.5 Å². The molecule has 0 bridgehead atoms. The van der Waals surface area contributed by atoms with Crippen LogP contribution in [0, 0.1) is 0 Å². The van der Waals surface area contributed by atoms with Crippen molar-refractivity contribution in [3.05, 3.63) is 34.3 Å². The summed E-state index contributed by atoms with van der Waals surface area (Å²) in [4.78, 5) is 0. The molecule has 0 aromatic heterocycles. The maximum absolute atomic E-state index is 5.76. The molecule has 1 rings (SSSR count). The van der Waals surface area contributed by atoms with Crippen LogP contribution >= 0.6 is 15.9 Å². The van der Waals surface area contributed by atoms with Crippen molar-refractivity contribution in [2.75, 3.05) is 12.3 Å². The van der Waals surface area contributed by atoms with Crippen molar-refractivity contribution in [3.63, 3.8) is 0 Å². The van der Waals surface area contributed by atoms with Gasteiger partial charge in [0.2, 0.25) is 0 Å². The fourth-order valence-electron chi connectivity index (χ4n) is 0.949. The van der Waals surface area contributed by atoms with Crippen molar-refractivity contribution >= 4 is 21.6 Å². The molecule has 0 aliphatic heterocycles. The zero-order valence-corrected chi connectivity index (χ0v) is 9.97. The van der Waals surface area contributed by atoms with Gasteiger partial charge in [-0.25, -0.2) is 0 Å². The minimum absolute atomic E-state index is 0.564. The van der Waals surface area contributed by atoms with Gasteiger partial charge in [-0.3, -0.25) is 0 Å². The number of nitrogens with two attached hydrogens (primary N) is 1. The van der Waals surface area contributed by atoms with Crippen LogP contribution in [0.15, 0.2) is 34.3 Å². The molecule has 0 spiro atoms. The molecule has 0 atom stereocenters. The predicted molar refractivity (Wildman–Crippen MR) is 63.5 cm³/mol. The van der Waals surface area contributed by atoms with E-state index in [0.29, 0.717) is 12.3 Å². The van der Waals surface area contributed by atoms with Crippen molar-refractivity contribution in [1.29, 1.82) is 0 Å². The monoisotopic (exact) mass is 255 g/mol. The largest absolute Gasteiger partial charge is 0.487 e. The first-order valence-electron chi connectivity index (χ1n) is 4.41. The third kappa shape index (κ3) is 3.42. The Morgan fingerprint density at radius 2 is 2.21 bits per heavy atom. The van der Waals surface area contributed by atoms with Crippen molar-refractivity contribution in [1.82, 2.24) is 0 Å². The Balaban J connectivity index is 2.64. The van der Waals surface area contributed by atoms with Gasteiger partial charge >= 0.3 is 0 Å². The Labute approximate surface area is 92.9 Å². The Hall–Kier alpha value is -0.960. The number of rotatable bonds is 3. The lowest BCUT2D eigenvalue weighted by atomic mass is 10.3. The Bertz CT molecular complexity index is 343.